The van der Waals surface area contributed by atoms with Gasteiger partial charge in [-0.3, -0.25) is 9.69 Å². The first-order valence-electron chi connectivity index (χ1n) is 7.75. The SMILES string of the molecule is O=CN1CCNCCN(Cc2ccccc2)CCNCC1. The van der Waals surface area contributed by atoms with E-state index in [2.05, 4.69) is 45.9 Å². The Bertz CT molecular complexity index is 385. The van der Waals surface area contributed by atoms with Gasteiger partial charge in [-0.1, -0.05) is 30.3 Å². The van der Waals surface area contributed by atoms with E-state index < -0.39 is 0 Å². The lowest BCUT2D eigenvalue weighted by Crippen LogP contribution is -2.42. The fourth-order valence-electron chi connectivity index (χ4n) is 2.50. The van der Waals surface area contributed by atoms with Crippen LogP contribution in [0.25, 0.3) is 0 Å². The lowest BCUT2D eigenvalue weighted by atomic mass is 10.2. The van der Waals surface area contributed by atoms with E-state index >= 15 is 0 Å². The van der Waals surface area contributed by atoms with Crippen molar-refractivity contribution in [1.29, 1.82) is 0 Å². The van der Waals surface area contributed by atoms with Gasteiger partial charge in [0.05, 0.1) is 0 Å². The molecule has 116 valence electrons. The van der Waals surface area contributed by atoms with Crippen LogP contribution in [-0.2, 0) is 11.3 Å². The van der Waals surface area contributed by atoms with Crippen molar-refractivity contribution in [2.24, 2.45) is 0 Å². The number of carbonyl (C=O) groups excluding carboxylic acids is 1. The average molecular weight is 290 g/mol. The largest absolute Gasteiger partial charge is 0.343 e. The molecule has 0 spiro atoms. The van der Waals surface area contributed by atoms with E-state index in [9.17, 15) is 4.79 Å². The number of rotatable bonds is 3. The van der Waals surface area contributed by atoms with Crippen LogP contribution < -0.4 is 10.6 Å². The molecule has 2 N–H and O–H groups in total. The molecule has 1 fully saturated rings. The van der Waals surface area contributed by atoms with Crippen LogP contribution in [0.2, 0.25) is 0 Å². The quantitative estimate of drug-likeness (QED) is 0.778. The zero-order valence-corrected chi connectivity index (χ0v) is 12.6. The number of carbonyl (C=O) groups is 1. The van der Waals surface area contributed by atoms with Gasteiger partial charge < -0.3 is 15.5 Å². The van der Waals surface area contributed by atoms with Crippen LogP contribution >= 0.6 is 0 Å². The average Bonchev–Trinajstić information content (AvgIpc) is 2.51. The van der Waals surface area contributed by atoms with E-state index in [1.54, 1.807) is 0 Å². The Hall–Kier alpha value is -1.43. The van der Waals surface area contributed by atoms with Crippen molar-refractivity contribution in [3.63, 3.8) is 0 Å². The summed E-state index contributed by atoms with van der Waals surface area (Å²) in [5.41, 5.74) is 1.36. The molecule has 0 atom stereocenters. The summed E-state index contributed by atoms with van der Waals surface area (Å²) in [6.45, 7) is 8.24. The van der Waals surface area contributed by atoms with Gasteiger partial charge in [0.1, 0.15) is 0 Å². The highest BCUT2D eigenvalue weighted by atomic mass is 16.1. The lowest BCUT2D eigenvalue weighted by Gasteiger charge is -2.25. The van der Waals surface area contributed by atoms with Crippen molar-refractivity contribution in [3.8, 4) is 0 Å². The first-order chi connectivity index (χ1) is 10.4. The van der Waals surface area contributed by atoms with E-state index in [-0.39, 0.29) is 0 Å². The van der Waals surface area contributed by atoms with E-state index in [0.29, 0.717) is 0 Å². The second-order valence-electron chi connectivity index (χ2n) is 5.40. The van der Waals surface area contributed by atoms with Crippen LogP contribution in [0.1, 0.15) is 5.56 Å². The predicted octanol–water partition coefficient (Wildman–Crippen LogP) is 0.140. The van der Waals surface area contributed by atoms with Crippen LogP contribution in [0.5, 0.6) is 0 Å². The summed E-state index contributed by atoms with van der Waals surface area (Å²) in [5, 5.41) is 6.84. The summed E-state index contributed by atoms with van der Waals surface area (Å²) >= 11 is 0. The van der Waals surface area contributed by atoms with Crippen LogP contribution in [0.4, 0.5) is 0 Å². The monoisotopic (exact) mass is 290 g/mol. The molecule has 5 heteroatoms. The van der Waals surface area contributed by atoms with Crippen LogP contribution in [-0.4, -0.2) is 68.6 Å². The van der Waals surface area contributed by atoms with Gasteiger partial charge in [0, 0.05) is 58.9 Å². The third-order valence-electron chi connectivity index (χ3n) is 3.76. The standard InChI is InChI=1S/C16H26N4O/c21-15-20-12-8-17-6-10-19(11-7-18-9-13-20)14-16-4-2-1-3-5-16/h1-5,15,17-18H,6-14H2. The fraction of sp³-hybridized carbons (Fsp3) is 0.562. The summed E-state index contributed by atoms with van der Waals surface area (Å²) in [4.78, 5) is 15.2. The highest BCUT2D eigenvalue weighted by Crippen LogP contribution is 2.03. The predicted molar refractivity (Wildman–Crippen MR) is 85.1 cm³/mol. The van der Waals surface area contributed by atoms with Gasteiger partial charge in [-0.25, -0.2) is 0 Å². The molecule has 1 aliphatic rings. The van der Waals surface area contributed by atoms with Crippen molar-refractivity contribution in [2.45, 2.75) is 6.54 Å². The van der Waals surface area contributed by atoms with Crippen LogP contribution in [0, 0.1) is 0 Å². The number of nitrogens with one attached hydrogen (secondary N) is 2. The molecule has 0 unspecified atom stereocenters. The maximum Gasteiger partial charge on any atom is 0.209 e. The molecule has 1 heterocycles. The minimum atomic E-state index is 0.782. The molecule has 5 nitrogen and oxygen atoms in total. The molecule has 1 aliphatic heterocycles. The van der Waals surface area contributed by atoms with Gasteiger partial charge in [-0.05, 0) is 5.56 Å². The summed E-state index contributed by atoms with van der Waals surface area (Å²) in [6, 6.07) is 10.6. The van der Waals surface area contributed by atoms with Gasteiger partial charge in [-0.15, -0.1) is 0 Å². The lowest BCUT2D eigenvalue weighted by molar-refractivity contribution is -0.118. The molecule has 0 bridgehead atoms. The maximum absolute atomic E-state index is 10.9. The zero-order chi connectivity index (χ0) is 14.8. The second-order valence-corrected chi connectivity index (χ2v) is 5.40. The van der Waals surface area contributed by atoms with Gasteiger partial charge in [-0.2, -0.15) is 0 Å². The van der Waals surface area contributed by atoms with Crippen molar-refractivity contribution in [1.82, 2.24) is 20.4 Å². The van der Waals surface area contributed by atoms with E-state index in [0.717, 1.165) is 65.3 Å². The second kappa shape index (κ2) is 9.50. The summed E-state index contributed by atoms with van der Waals surface area (Å²) in [6.07, 6.45) is 0.941. The first kappa shape index (κ1) is 15.9. The molecule has 21 heavy (non-hydrogen) atoms. The number of nitrogens with zero attached hydrogens (tertiary/aromatic N) is 2. The highest BCUT2D eigenvalue weighted by Gasteiger charge is 2.07. The van der Waals surface area contributed by atoms with Crippen LogP contribution in [0.15, 0.2) is 30.3 Å². The van der Waals surface area contributed by atoms with E-state index in [1.165, 1.54) is 5.56 Å². The molecular weight excluding hydrogens is 264 g/mol. The van der Waals surface area contributed by atoms with Crippen molar-refractivity contribution >= 4 is 6.41 Å². The number of benzene rings is 1. The molecule has 0 radical (unpaired) electrons. The third-order valence-corrected chi connectivity index (χ3v) is 3.76. The Morgan fingerprint density at radius 1 is 0.905 bits per heavy atom. The molecule has 1 saturated heterocycles. The molecule has 0 aliphatic carbocycles. The highest BCUT2D eigenvalue weighted by molar-refractivity contribution is 5.46. The molecule has 1 amide bonds. The number of amides is 1. The van der Waals surface area contributed by atoms with E-state index in [4.69, 9.17) is 0 Å². The van der Waals surface area contributed by atoms with Crippen LogP contribution in [0.3, 0.4) is 0 Å². The van der Waals surface area contributed by atoms with Crippen molar-refractivity contribution < 1.29 is 4.79 Å². The minimum Gasteiger partial charge on any atom is -0.343 e. The Balaban J connectivity index is 1.81. The Morgan fingerprint density at radius 2 is 1.48 bits per heavy atom. The molecule has 0 saturated carbocycles. The van der Waals surface area contributed by atoms with Gasteiger partial charge >= 0.3 is 0 Å². The first-order valence-corrected chi connectivity index (χ1v) is 7.75. The number of hydrogen-bond acceptors (Lipinski definition) is 4. The third kappa shape index (κ3) is 6.25. The molecule has 2 rings (SSSR count). The fourth-order valence-corrected chi connectivity index (χ4v) is 2.50. The smallest absolute Gasteiger partial charge is 0.209 e. The van der Waals surface area contributed by atoms with Gasteiger partial charge in [0.2, 0.25) is 6.41 Å². The Kier molecular flexibility index (Phi) is 7.21. The molecule has 1 aromatic rings. The van der Waals surface area contributed by atoms with Crippen molar-refractivity contribution in [3.05, 3.63) is 35.9 Å². The topological polar surface area (TPSA) is 47.6 Å². The van der Waals surface area contributed by atoms with Gasteiger partial charge in [0.15, 0.2) is 0 Å². The summed E-state index contributed by atoms with van der Waals surface area (Å²) in [5.74, 6) is 0. The Labute approximate surface area is 127 Å². The van der Waals surface area contributed by atoms with E-state index in [1.807, 2.05) is 4.90 Å². The van der Waals surface area contributed by atoms with Crippen molar-refractivity contribution in [2.75, 3.05) is 52.4 Å². The number of hydrogen-bond donors (Lipinski definition) is 2. The zero-order valence-electron chi connectivity index (χ0n) is 12.6. The Morgan fingerprint density at radius 3 is 2.05 bits per heavy atom. The minimum absolute atomic E-state index is 0.782. The molecule has 1 aromatic carbocycles. The van der Waals surface area contributed by atoms with Gasteiger partial charge in [0.25, 0.3) is 0 Å². The maximum atomic E-state index is 10.9. The normalized spacial score (nSPS) is 19.5. The summed E-state index contributed by atoms with van der Waals surface area (Å²) < 4.78 is 0. The molecule has 0 aromatic heterocycles. The summed E-state index contributed by atoms with van der Waals surface area (Å²) in [7, 11) is 0. The molecular formula is C16H26N4O.